The van der Waals surface area contributed by atoms with Crippen LogP contribution < -0.4 is 20.1 Å². The molecule has 0 radical (unpaired) electrons. The standard InChI is InChI=1S/C20H26N2O7/c1-5-26-15-10-13(8-9-14(15)29-11-16(23)27-6-2)18-17(19(24)28-7-3)12(4)21-20(25)22-18/h8-10,18H,5-7,11H2,1-4H3,(H2,21,22,25)/t18-/m1/s1. The quantitative estimate of drug-likeness (QED) is 0.605. The molecular weight excluding hydrogens is 380 g/mol. The Balaban J connectivity index is 2.35. The summed E-state index contributed by atoms with van der Waals surface area (Å²) in [7, 11) is 0. The van der Waals surface area contributed by atoms with E-state index in [0.29, 0.717) is 34.9 Å². The third kappa shape index (κ3) is 5.63. The van der Waals surface area contributed by atoms with Crippen molar-refractivity contribution >= 4 is 18.0 Å². The third-order valence-corrected chi connectivity index (χ3v) is 4.02. The van der Waals surface area contributed by atoms with Crippen LogP contribution in [0.2, 0.25) is 0 Å². The minimum absolute atomic E-state index is 0.209. The van der Waals surface area contributed by atoms with Crippen molar-refractivity contribution < 1.29 is 33.3 Å². The Morgan fingerprint density at radius 3 is 2.38 bits per heavy atom. The highest BCUT2D eigenvalue weighted by atomic mass is 16.6. The number of benzene rings is 1. The van der Waals surface area contributed by atoms with Crippen molar-refractivity contribution in [3.8, 4) is 11.5 Å². The molecule has 0 fully saturated rings. The first kappa shape index (κ1) is 22.1. The lowest BCUT2D eigenvalue weighted by Gasteiger charge is -2.28. The number of hydrogen-bond acceptors (Lipinski definition) is 7. The van der Waals surface area contributed by atoms with E-state index < -0.39 is 24.0 Å². The van der Waals surface area contributed by atoms with Crippen LogP contribution in [0.15, 0.2) is 29.5 Å². The Hall–Kier alpha value is -3.23. The van der Waals surface area contributed by atoms with Gasteiger partial charge in [0.25, 0.3) is 0 Å². The molecule has 0 bridgehead atoms. The second-order valence-electron chi connectivity index (χ2n) is 6.02. The van der Waals surface area contributed by atoms with Crippen molar-refractivity contribution in [1.82, 2.24) is 10.6 Å². The Morgan fingerprint density at radius 2 is 1.72 bits per heavy atom. The zero-order chi connectivity index (χ0) is 21.4. The number of allylic oxidation sites excluding steroid dienone is 1. The lowest BCUT2D eigenvalue weighted by atomic mass is 9.95. The van der Waals surface area contributed by atoms with Gasteiger partial charge in [0.05, 0.1) is 31.4 Å². The summed E-state index contributed by atoms with van der Waals surface area (Å²) >= 11 is 0. The molecule has 2 rings (SSSR count). The van der Waals surface area contributed by atoms with Gasteiger partial charge in [0.15, 0.2) is 18.1 Å². The lowest BCUT2D eigenvalue weighted by molar-refractivity contribution is -0.145. The Labute approximate surface area is 169 Å². The molecule has 1 aliphatic heterocycles. The minimum Gasteiger partial charge on any atom is -0.490 e. The summed E-state index contributed by atoms with van der Waals surface area (Å²) in [6, 6.07) is 3.81. The fraction of sp³-hybridized carbons (Fsp3) is 0.450. The van der Waals surface area contributed by atoms with Crippen LogP contribution in [-0.2, 0) is 19.1 Å². The fourth-order valence-electron chi connectivity index (χ4n) is 2.85. The molecule has 0 saturated heterocycles. The topological polar surface area (TPSA) is 112 Å². The van der Waals surface area contributed by atoms with E-state index in [2.05, 4.69) is 10.6 Å². The molecule has 2 amide bonds. The summed E-state index contributed by atoms with van der Waals surface area (Å²) in [4.78, 5) is 36.0. The van der Waals surface area contributed by atoms with Gasteiger partial charge in [-0.15, -0.1) is 0 Å². The highest BCUT2D eigenvalue weighted by molar-refractivity contribution is 5.95. The molecule has 1 aromatic rings. The maximum atomic E-state index is 12.4. The minimum atomic E-state index is -0.721. The van der Waals surface area contributed by atoms with Crippen LogP contribution in [0.25, 0.3) is 0 Å². The maximum Gasteiger partial charge on any atom is 0.344 e. The predicted octanol–water partition coefficient (Wildman–Crippen LogP) is 2.22. The number of urea groups is 1. The summed E-state index contributed by atoms with van der Waals surface area (Å²) in [6.07, 6.45) is 0. The van der Waals surface area contributed by atoms with E-state index in [1.165, 1.54) is 0 Å². The highest BCUT2D eigenvalue weighted by Crippen LogP contribution is 2.34. The molecule has 0 unspecified atom stereocenters. The highest BCUT2D eigenvalue weighted by Gasteiger charge is 2.32. The molecule has 2 N–H and O–H groups in total. The molecule has 1 atom stereocenters. The molecule has 0 aliphatic carbocycles. The maximum absolute atomic E-state index is 12.4. The molecule has 9 nitrogen and oxygen atoms in total. The van der Waals surface area contributed by atoms with E-state index in [1.54, 1.807) is 39.0 Å². The van der Waals surface area contributed by atoms with E-state index in [0.717, 1.165) is 0 Å². The summed E-state index contributed by atoms with van der Waals surface area (Å²) in [6.45, 7) is 7.43. The monoisotopic (exact) mass is 406 g/mol. The average Bonchev–Trinajstić information content (AvgIpc) is 2.67. The number of carbonyl (C=O) groups is 3. The molecule has 9 heteroatoms. The van der Waals surface area contributed by atoms with Crippen LogP contribution in [-0.4, -0.2) is 44.4 Å². The SMILES string of the molecule is CCOC(=O)COc1ccc([C@H]2NC(=O)NC(C)=C2C(=O)OCC)cc1OCC. The number of amides is 2. The first-order chi connectivity index (χ1) is 13.9. The average molecular weight is 406 g/mol. The van der Waals surface area contributed by atoms with Crippen LogP contribution >= 0.6 is 0 Å². The van der Waals surface area contributed by atoms with Gasteiger partial charge in [-0.1, -0.05) is 6.07 Å². The Bertz CT molecular complexity index is 804. The Kier molecular flexibility index (Phi) is 7.88. The molecule has 0 aromatic heterocycles. The summed E-state index contributed by atoms with van der Waals surface area (Å²) < 4.78 is 21.1. The van der Waals surface area contributed by atoms with Gasteiger partial charge in [-0.25, -0.2) is 14.4 Å². The van der Waals surface area contributed by atoms with E-state index in [-0.39, 0.29) is 19.8 Å². The van der Waals surface area contributed by atoms with E-state index in [9.17, 15) is 14.4 Å². The normalized spacial score (nSPS) is 15.9. The molecule has 0 saturated carbocycles. The number of esters is 2. The summed E-state index contributed by atoms with van der Waals surface area (Å²) in [5, 5.41) is 5.31. The van der Waals surface area contributed by atoms with Gasteiger partial charge in [0.2, 0.25) is 0 Å². The van der Waals surface area contributed by atoms with Crippen molar-refractivity contribution in [2.75, 3.05) is 26.4 Å². The van der Waals surface area contributed by atoms with Crippen LogP contribution in [0.4, 0.5) is 4.79 Å². The molecular formula is C20H26N2O7. The molecule has 1 aromatic carbocycles. The number of hydrogen-bond donors (Lipinski definition) is 2. The van der Waals surface area contributed by atoms with E-state index in [4.69, 9.17) is 18.9 Å². The molecule has 0 spiro atoms. The molecule has 158 valence electrons. The van der Waals surface area contributed by atoms with Gasteiger partial charge in [0.1, 0.15) is 0 Å². The van der Waals surface area contributed by atoms with Gasteiger partial charge in [-0.2, -0.15) is 0 Å². The second-order valence-corrected chi connectivity index (χ2v) is 6.02. The van der Waals surface area contributed by atoms with Gasteiger partial charge in [-0.3, -0.25) is 0 Å². The van der Waals surface area contributed by atoms with Crippen LogP contribution in [0.5, 0.6) is 11.5 Å². The van der Waals surface area contributed by atoms with Gasteiger partial charge < -0.3 is 29.6 Å². The lowest BCUT2D eigenvalue weighted by Crippen LogP contribution is -2.45. The van der Waals surface area contributed by atoms with Crippen LogP contribution in [0, 0.1) is 0 Å². The third-order valence-electron chi connectivity index (χ3n) is 4.02. The number of carbonyl (C=O) groups excluding carboxylic acids is 3. The first-order valence-corrected chi connectivity index (χ1v) is 9.41. The van der Waals surface area contributed by atoms with E-state index in [1.807, 2.05) is 6.92 Å². The fourth-order valence-corrected chi connectivity index (χ4v) is 2.85. The van der Waals surface area contributed by atoms with Crippen molar-refractivity contribution in [3.05, 3.63) is 35.0 Å². The Morgan fingerprint density at radius 1 is 1.00 bits per heavy atom. The number of ether oxygens (including phenoxy) is 4. The largest absolute Gasteiger partial charge is 0.490 e. The number of nitrogens with one attached hydrogen (secondary N) is 2. The molecule has 1 heterocycles. The second kappa shape index (κ2) is 10.4. The van der Waals surface area contributed by atoms with Gasteiger partial charge >= 0.3 is 18.0 Å². The molecule has 1 aliphatic rings. The van der Waals surface area contributed by atoms with Crippen molar-refractivity contribution in [3.63, 3.8) is 0 Å². The van der Waals surface area contributed by atoms with Gasteiger partial charge in [-0.05, 0) is 45.4 Å². The zero-order valence-corrected chi connectivity index (χ0v) is 17.0. The molecule has 29 heavy (non-hydrogen) atoms. The summed E-state index contributed by atoms with van der Waals surface area (Å²) in [5.74, 6) is -0.291. The summed E-state index contributed by atoms with van der Waals surface area (Å²) in [5.41, 5.74) is 1.32. The van der Waals surface area contributed by atoms with E-state index >= 15 is 0 Å². The van der Waals surface area contributed by atoms with Crippen molar-refractivity contribution in [1.29, 1.82) is 0 Å². The van der Waals surface area contributed by atoms with Crippen molar-refractivity contribution in [2.24, 2.45) is 0 Å². The first-order valence-electron chi connectivity index (χ1n) is 9.41. The van der Waals surface area contributed by atoms with Crippen molar-refractivity contribution in [2.45, 2.75) is 33.7 Å². The zero-order valence-electron chi connectivity index (χ0n) is 17.0. The number of rotatable bonds is 9. The van der Waals surface area contributed by atoms with Crippen LogP contribution in [0.3, 0.4) is 0 Å². The smallest absolute Gasteiger partial charge is 0.344 e. The van der Waals surface area contributed by atoms with Crippen LogP contribution in [0.1, 0.15) is 39.3 Å². The van der Waals surface area contributed by atoms with Gasteiger partial charge in [0, 0.05) is 5.70 Å². The predicted molar refractivity (Wildman–Crippen MR) is 103 cm³/mol.